The standard InChI is InChI=1S/C33H45N4O5.C32H43N4O5.C31H41N4O5.3V/c1-6-22-26(20-38)37-19-27(22)41-29-25(34-23-15-10-11-16-24(23)35-29)17-9-7-8-13-21-14-12-18-33(21,5)42-31(40)36-28(30(37)39)32(2,3)4;1-5-21-25(19-37)36-18-27(21)40-29-24(33-22-14-9-10-15-23(22)34-29)16-8-6-7-12-20-13-11-17-26(20)41-31(39)35-28(30(36)38)32(2,3)4;1-6-20-24(18-36)35-17-25(20)39-27-23(32-21-13-10-11-14-22(21)33-27)15-9-7-8-12-19-16-31(19,5)40-29(38)34-26(28(35)37)30(2,3)4;;;/h10-11,15-16,21-22,26-28H,6-9,12-14,17-19H2,1-5H3,(H,36,40);9-10,14-15,20-21,25-28H,5-8,11-13,16-18H2,1-4H3,(H,35,39);10-11,13-14,19-20,24-26H,6-9,12,15-17H2,1-5H3,(H,34,38);;;/q3*-1;;;/t21-,22+,26-,27+,28-,33-;20-,21+,25-,26-,27+,28-;19-,20+,24-,25+,26-,31-;;;/m111.../s1. The van der Waals surface area contributed by atoms with Crippen molar-refractivity contribution in [2.24, 2.45) is 51.8 Å². The number of hydrogen-bond donors (Lipinski definition) is 3. The molecule has 9 heterocycles. The number of carbonyl (C=O) groups excluding carboxylic acids is 9. The van der Waals surface area contributed by atoms with Crippen molar-refractivity contribution in [2.75, 3.05) is 19.6 Å². The quantitative estimate of drug-likeness (QED) is 0.103. The first-order valence-corrected chi connectivity index (χ1v) is 45.5. The number of aromatic nitrogens is 6. The monoisotopic (exact) mass is 1840 g/mol. The molecule has 3 aromatic heterocycles. The van der Waals surface area contributed by atoms with Gasteiger partial charge in [0.05, 0.1) is 52.7 Å². The van der Waals surface area contributed by atoms with E-state index in [4.69, 9.17) is 58.3 Å². The maximum absolute atomic E-state index is 14.1. The predicted octanol–water partition coefficient (Wildman–Crippen LogP) is 15.4. The van der Waals surface area contributed by atoms with E-state index in [1.54, 1.807) is 0 Å². The normalized spacial score (nSPS) is 30.2. The minimum Gasteiger partial charge on any atom is -0.540 e. The number of fused-ring (bicyclic) bond motifs is 15. The molecule has 15 rings (SSSR count). The fourth-order valence-corrected chi connectivity index (χ4v) is 20.2. The molecule has 3 aliphatic carbocycles. The van der Waals surface area contributed by atoms with E-state index in [-0.39, 0.29) is 123 Å². The van der Waals surface area contributed by atoms with Gasteiger partial charge in [0.1, 0.15) is 70.8 Å². The van der Waals surface area contributed by atoms with Crippen LogP contribution in [-0.2, 0) is 118 Å². The molecule has 6 amide bonds. The molecule has 30 heteroatoms. The number of nitrogens with one attached hydrogen (secondary N) is 3. The number of para-hydroxylation sites is 6. The molecule has 6 aliphatic heterocycles. The molecule has 3 aromatic carbocycles. The fraction of sp³-hybridized carbons (Fsp3) is 0.656. The molecule has 3 saturated heterocycles. The van der Waals surface area contributed by atoms with Gasteiger partial charge in [-0.05, 0) is 199 Å². The van der Waals surface area contributed by atoms with Gasteiger partial charge in [-0.25, -0.2) is 63.1 Å². The third-order valence-corrected chi connectivity index (χ3v) is 27.5. The first-order valence-electron chi connectivity index (χ1n) is 45.5. The number of aryl methyl sites for hydroxylation is 3. The Bertz CT molecular complexity index is 4800. The molecule has 6 bridgehead atoms. The van der Waals surface area contributed by atoms with Gasteiger partial charge in [-0.2, -0.15) is 0 Å². The van der Waals surface area contributed by atoms with Crippen molar-refractivity contribution < 1.29 is 127 Å². The summed E-state index contributed by atoms with van der Waals surface area (Å²) in [6, 6.07) is 18.2. The molecule has 9 aliphatic rings. The molecule has 681 valence electrons. The third-order valence-electron chi connectivity index (χ3n) is 27.5. The smallest absolute Gasteiger partial charge is 0.408 e. The van der Waals surface area contributed by atoms with Crippen molar-refractivity contribution >= 4 is 88.0 Å². The van der Waals surface area contributed by atoms with Crippen LogP contribution >= 0.6 is 0 Å². The molecule has 3 radical (unpaired) electrons. The van der Waals surface area contributed by atoms with Gasteiger partial charge in [-0.1, -0.05) is 195 Å². The Morgan fingerprint density at radius 3 is 1.05 bits per heavy atom. The van der Waals surface area contributed by atoms with Crippen LogP contribution in [0.1, 0.15) is 255 Å². The van der Waals surface area contributed by atoms with Gasteiger partial charge in [0, 0.05) is 61.6 Å². The van der Waals surface area contributed by atoms with Crippen LogP contribution in [0, 0.1) is 51.8 Å². The Kier molecular flexibility index (Phi) is 34.4. The summed E-state index contributed by atoms with van der Waals surface area (Å²) in [6.45, 7) is 27.6. The zero-order chi connectivity index (χ0) is 87.9. The van der Waals surface area contributed by atoms with Crippen molar-refractivity contribution in [2.45, 2.75) is 329 Å². The fourth-order valence-electron chi connectivity index (χ4n) is 20.2. The summed E-state index contributed by atoms with van der Waals surface area (Å²) in [7, 11) is 0. The maximum atomic E-state index is 14.1. The van der Waals surface area contributed by atoms with Crippen molar-refractivity contribution in [1.29, 1.82) is 0 Å². The van der Waals surface area contributed by atoms with Crippen LogP contribution in [0.15, 0.2) is 72.8 Å². The average Bonchev–Trinajstić information content (AvgIpc) is 1.50. The summed E-state index contributed by atoms with van der Waals surface area (Å²) in [5.74, 6) is 0.459. The van der Waals surface area contributed by atoms with E-state index < -0.39 is 100 Å². The number of rotatable bonds is 6. The van der Waals surface area contributed by atoms with Crippen LogP contribution in [-0.4, -0.2) is 191 Å². The first-order chi connectivity index (χ1) is 58.8. The van der Waals surface area contributed by atoms with Gasteiger partial charge < -0.3 is 73.5 Å². The maximum Gasteiger partial charge on any atom is 0.408 e. The molecular weight excluding hydrogens is 1710 g/mol. The summed E-state index contributed by atoms with van der Waals surface area (Å²) in [6.07, 6.45) is 25.5. The Hall–Kier alpha value is -7.94. The van der Waals surface area contributed by atoms with Crippen LogP contribution in [0.3, 0.4) is 0 Å². The largest absolute Gasteiger partial charge is 0.540 e. The van der Waals surface area contributed by atoms with E-state index in [2.05, 4.69) is 34.8 Å². The van der Waals surface area contributed by atoms with E-state index in [1.165, 1.54) is 14.7 Å². The van der Waals surface area contributed by atoms with Gasteiger partial charge in [-0.15, -0.1) is 0 Å². The molecule has 126 heavy (non-hydrogen) atoms. The van der Waals surface area contributed by atoms with Crippen molar-refractivity contribution in [3.8, 4) is 17.6 Å². The van der Waals surface area contributed by atoms with Gasteiger partial charge >= 0.3 is 18.3 Å². The number of benzene rings is 3. The van der Waals surface area contributed by atoms with E-state index in [1.807, 2.05) is 170 Å². The molecule has 6 fully saturated rings. The van der Waals surface area contributed by atoms with E-state index in [0.717, 1.165) is 191 Å². The summed E-state index contributed by atoms with van der Waals surface area (Å²) in [5.41, 5.74) is 4.13. The second-order valence-electron chi connectivity index (χ2n) is 39.4. The second-order valence-corrected chi connectivity index (χ2v) is 39.4. The molecule has 3 saturated carbocycles. The van der Waals surface area contributed by atoms with Crippen LogP contribution in [0.25, 0.3) is 33.1 Å². The minimum absolute atomic E-state index is 0. The molecule has 3 N–H and O–H groups in total. The van der Waals surface area contributed by atoms with Crippen LogP contribution < -0.4 is 30.2 Å². The average molecular weight is 1840 g/mol. The number of hydrogen-bond acceptors (Lipinski definition) is 21. The van der Waals surface area contributed by atoms with Gasteiger partial charge in [0.2, 0.25) is 35.4 Å². The molecule has 6 aromatic rings. The Morgan fingerprint density at radius 1 is 0.381 bits per heavy atom. The number of nitrogens with zero attached hydrogens (tertiary/aromatic N) is 9. The Labute approximate surface area is 778 Å². The van der Waals surface area contributed by atoms with Gasteiger partial charge in [-0.3, -0.25) is 14.4 Å². The number of carbonyl (C=O) groups is 6. The van der Waals surface area contributed by atoms with Crippen LogP contribution in [0.2, 0.25) is 0 Å². The first kappa shape index (κ1) is 100. The number of ether oxygens (including phenoxy) is 6. The van der Waals surface area contributed by atoms with Crippen molar-refractivity contribution in [1.82, 2.24) is 60.6 Å². The van der Waals surface area contributed by atoms with E-state index >= 15 is 0 Å². The summed E-state index contributed by atoms with van der Waals surface area (Å²) < 4.78 is 37.6. The summed E-state index contributed by atoms with van der Waals surface area (Å²) in [4.78, 5) is 153. The van der Waals surface area contributed by atoms with E-state index in [0.29, 0.717) is 48.7 Å². The van der Waals surface area contributed by atoms with E-state index in [9.17, 15) is 43.2 Å². The molecule has 0 unspecified atom stereocenters. The zero-order valence-electron chi connectivity index (χ0n) is 76.0. The number of alkyl carbamates (subject to hydrolysis) is 3. The van der Waals surface area contributed by atoms with Crippen molar-refractivity contribution in [3.05, 3.63) is 89.9 Å². The Balaban J connectivity index is 0.000000195. The van der Waals surface area contributed by atoms with Crippen LogP contribution in [0.5, 0.6) is 17.6 Å². The summed E-state index contributed by atoms with van der Waals surface area (Å²) >= 11 is 0. The molecule has 27 nitrogen and oxygen atoms in total. The zero-order valence-corrected chi connectivity index (χ0v) is 80.1. The topological polar surface area (TPSA) is 332 Å². The third kappa shape index (κ3) is 23.3. The number of amides is 6. The van der Waals surface area contributed by atoms with Crippen LogP contribution in [0.4, 0.5) is 14.4 Å². The van der Waals surface area contributed by atoms with Gasteiger partial charge in [0.25, 0.3) is 0 Å². The molecular formula is C96H129N12O15V3-3. The second kappa shape index (κ2) is 43.2. The van der Waals surface area contributed by atoms with Crippen molar-refractivity contribution in [3.63, 3.8) is 0 Å². The SMILES string of the molecule is CC[C@@H]1[C@@H]2CN(C(=O)[C@H](C(C)(C)C)NC(=O)O[C@@H]3CCC[C@H]3CCCCCc3nc4ccccc4nc3O2)[C@@H]1[C-]=O.CC[C@@H]1[C@@H]2CN(C(=O)[C@H](C(C)(C)C)NC(=O)O[C@]3(C)CCC[C@H]3CCCCCc3nc4ccccc4nc3O2)[C@@H]1[C-]=O.CC[C@@H]1[C@@H]2CN(C(=O)[C@H](C(C)(C)C)NC(=O)O[C@]3(C)C[C@H]3CCCCCc3nc4ccccc4nc3O2)[C@@H]1[C-]=O.[V].[V].[V]. The molecule has 18 atom stereocenters. The molecule has 0 spiro atoms. The predicted molar refractivity (Wildman–Crippen MR) is 465 cm³/mol. The minimum atomic E-state index is -0.893. The summed E-state index contributed by atoms with van der Waals surface area (Å²) in [5, 5.41) is 8.62. The Morgan fingerprint density at radius 2 is 0.698 bits per heavy atom. The van der Waals surface area contributed by atoms with Gasteiger partial charge in [0.15, 0.2) is 0 Å².